The number of hydrogen-bond donors (Lipinski definition) is 0. The zero-order chi connectivity index (χ0) is 9.73. The van der Waals surface area contributed by atoms with Crippen molar-refractivity contribution in [3.63, 3.8) is 0 Å². The van der Waals surface area contributed by atoms with Gasteiger partial charge in [-0.1, -0.05) is 0 Å². The van der Waals surface area contributed by atoms with Gasteiger partial charge in [-0.15, -0.1) is 0 Å². The first-order chi connectivity index (χ1) is 5.23. The van der Waals surface area contributed by atoms with Gasteiger partial charge in [0.2, 0.25) is 0 Å². The van der Waals surface area contributed by atoms with Crippen LogP contribution in [0.1, 0.15) is 27.7 Å². The van der Waals surface area contributed by atoms with Crippen molar-refractivity contribution in [3.8, 4) is 0 Å². The number of carbonyl (C=O) groups excluding carboxylic acids is 1. The molecular weight excluding hydrogens is 243 g/mol. The first-order valence-electron chi connectivity index (χ1n) is 3.69. The van der Waals surface area contributed by atoms with E-state index in [0.29, 0.717) is 0 Å². The third kappa shape index (κ3) is 0.973. The van der Waals surface area contributed by atoms with Gasteiger partial charge in [0.1, 0.15) is 0 Å². The van der Waals surface area contributed by atoms with E-state index in [0.717, 1.165) is 0 Å². The van der Waals surface area contributed by atoms with E-state index in [2.05, 4.69) is 16.1 Å². The van der Waals surface area contributed by atoms with Crippen LogP contribution in [-0.2, 0) is 0 Å². The molecule has 3 nitrogen and oxygen atoms in total. The highest BCUT2D eigenvalue weighted by atomic mass is 79.9. The van der Waals surface area contributed by atoms with Crippen molar-refractivity contribution in [2.75, 3.05) is 0 Å². The van der Waals surface area contributed by atoms with Crippen LogP contribution >= 0.6 is 27.9 Å². The Morgan fingerprint density at radius 1 is 1.25 bits per heavy atom. The predicted octanol–water partition coefficient (Wildman–Crippen LogP) is 2.74. The highest BCUT2D eigenvalue weighted by Gasteiger charge is 2.56. The Balaban J connectivity index is 3.14. The van der Waals surface area contributed by atoms with E-state index < -0.39 is 0 Å². The molecule has 0 spiro atoms. The summed E-state index contributed by atoms with van der Waals surface area (Å²) < 4.78 is 2.70. The van der Waals surface area contributed by atoms with Crippen LogP contribution in [0.5, 0.6) is 0 Å². The Kier molecular flexibility index (Phi) is 2.12. The van der Waals surface area contributed by atoms with Crippen LogP contribution in [0.15, 0.2) is 0 Å². The SMILES string of the molecule is CC1(C)N(Cl)C(=O)N(Br)C1(C)C. The van der Waals surface area contributed by atoms with Gasteiger partial charge in [0.05, 0.1) is 27.2 Å². The third-order valence-electron chi connectivity index (χ3n) is 2.81. The van der Waals surface area contributed by atoms with Crippen molar-refractivity contribution in [2.24, 2.45) is 0 Å². The summed E-state index contributed by atoms with van der Waals surface area (Å²) in [5.41, 5.74) is -0.693. The van der Waals surface area contributed by atoms with E-state index >= 15 is 0 Å². The van der Waals surface area contributed by atoms with Crippen molar-refractivity contribution in [2.45, 2.75) is 38.8 Å². The van der Waals surface area contributed by atoms with Gasteiger partial charge in [0.25, 0.3) is 0 Å². The number of rotatable bonds is 0. The predicted molar refractivity (Wildman–Crippen MR) is 52.0 cm³/mol. The first-order valence-corrected chi connectivity index (χ1v) is 4.73. The molecule has 1 aliphatic rings. The van der Waals surface area contributed by atoms with Crippen molar-refractivity contribution in [1.82, 2.24) is 8.34 Å². The van der Waals surface area contributed by atoms with E-state index in [-0.39, 0.29) is 17.1 Å². The second kappa shape index (κ2) is 2.51. The van der Waals surface area contributed by atoms with E-state index in [1.165, 1.54) is 8.34 Å². The van der Waals surface area contributed by atoms with Gasteiger partial charge in [-0.2, -0.15) is 0 Å². The molecule has 1 aliphatic heterocycles. The summed E-state index contributed by atoms with van der Waals surface area (Å²) in [4.78, 5) is 11.4. The molecule has 0 aromatic heterocycles. The molecule has 0 radical (unpaired) electrons. The molecule has 0 saturated carbocycles. The minimum Gasteiger partial charge on any atom is -0.251 e. The van der Waals surface area contributed by atoms with Gasteiger partial charge in [-0.05, 0) is 27.7 Å². The molecule has 0 atom stereocenters. The van der Waals surface area contributed by atoms with Gasteiger partial charge in [-0.25, -0.2) is 9.21 Å². The number of urea groups is 1. The molecule has 12 heavy (non-hydrogen) atoms. The van der Waals surface area contributed by atoms with Gasteiger partial charge in [0.15, 0.2) is 0 Å². The number of halogens is 2. The van der Waals surface area contributed by atoms with Crippen LogP contribution in [-0.4, -0.2) is 25.5 Å². The van der Waals surface area contributed by atoms with Crippen molar-refractivity contribution < 1.29 is 4.79 Å². The van der Waals surface area contributed by atoms with Crippen LogP contribution in [0.3, 0.4) is 0 Å². The topological polar surface area (TPSA) is 23.6 Å². The number of nitrogens with zero attached hydrogens (tertiary/aromatic N) is 2. The van der Waals surface area contributed by atoms with Crippen LogP contribution < -0.4 is 0 Å². The normalized spacial score (nSPS) is 26.7. The van der Waals surface area contributed by atoms with Gasteiger partial charge >= 0.3 is 6.03 Å². The molecule has 0 N–H and O–H groups in total. The van der Waals surface area contributed by atoms with Crippen molar-refractivity contribution in [3.05, 3.63) is 0 Å². The van der Waals surface area contributed by atoms with Crippen LogP contribution in [0.2, 0.25) is 0 Å². The third-order valence-corrected chi connectivity index (χ3v) is 4.57. The summed E-state index contributed by atoms with van der Waals surface area (Å²) in [7, 11) is 0. The quantitative estimate of drug-likeness (QED) is 0.611. The number of carbonyl (C=O) groups is 1. The smallest absolute Gasteiger partial charge is 0.251 e. The number of hydrogen-bond acceptors (Lipinski definition) is 1. The molecule has 0 aromatic rings. The van der Waals surface area contributed by atoms with E-state index in [1.807, 2.05) is 27.7 Å². The summed E-state index contributed by atoms with van der Waals surface area (Å²) >= 11 is 9.04. The fourth-order valence-corrected chi connectivity index (χ4v) is 2.00. The van der Waals surface area contributed by atoms with Crippen molar-refractivity contribution in [1.29, 1.82) is 0 Å². The van der Waals surface area contributed by atoms with Crippen LogP contribution in [0.25, 0.3) is 0 Å². The summed E-state index contributed by atoms with van der Waals surface area (Å²) in [5.74, 6) is 0. The summed E-state index contributed by atoms with van der Waals surface area (Å²) in [6.45, 7) is 7.78. The van der Waals surface area contributed by atoms with Crippen molar-refractivity contribution >= 4 is 34.0 Å². The lowest BCUT2D eigenvalue weighted by atomic mass is 9.85. The largest absolute Gasteiger partial charge is 0.345 e. The standard InChI is InChI=1S/C7H12BrClN2O/c1-6(2)7(3,4)11(9)5(12)10(6)8/h1-4H3. The Bertz CT molecular complexity index is 207. The van der Waals surface area contributed by atoms with Crippen LogP contribution in [0, 0.1) is 0 Å². The maximum atomic E-state index is 11.4. The lowest BCUT2D eigenvalue weighted by Gasteiger charge is -2.37. The molecule has 1 saturated heterocycles. The zero-order valence-corrected chi connectivity index (χ0v) is 9.90. The lowest BCUT2D eigenvalue weighted by molar-refractivity contribution is 0.196. The Morgan fingerprint density at radius 2 is 1.67 bits per heavy atom. The summed E-state index contributed by atoms with van der Waals surface area (Å²) in [5, 5.41) is 0. The first kappa shape index (κ1) is 10.1. The fraction of sp³-hybridized carbons (Fsp3) is 0.857. The second-order valence-corrected chi connectivity index (χ2v) is 5.01. The van der Waals surface area contributed by atoms with Crippen LogP contribution in [0.4, 0.5) is 4.79 Å². The van der Waals surface area contributed by atoms with Gasteiger partial charge < -0.3 is 0 Å². The average Bonchev–Trinajstić information content (AvgIpc) is 2.05. The molecule has 0 aromatic carbocycles. The molecule has 1 heterocycles. The molecule has 0 aliphatic carbocycles. The molecule has 0 bridgehead atoms. The summed E-state index contributed by atoms with van der Waals surface area (Å²) in [6.07, 6.45) is 0. The highest BCUT2D eigenvalue weighted by molar-refractivity contribution is 9.07. The Morgan fingerprint density at radius 3 is 1.75 bits per heavy atom. The maximum Gasteiger partial charge on any atom is 0.345 e. The lowest BCUT2D eigenvalue weighted by Crippen LogP contribution is -2.50. The molecule has 70 valence electrons. The zero-order valence-electron chi connectivity index (χ0n) is 7.56. The van der Waals surface area contributed by atoms with Gasteiger partial charge in [-0.3, -0.25) is 3.93 Å². The molecule has 1 rings (SSSR count). The molecule has 1 fully saturated rings. The minimum atomic E-state index is -0.380. The monoisotopic (exact) mass is 254 g/mol. The fourth-order valence-electron chi connectivity index (χ4n) is 1.04. The molecule has 5 heteroatoms. The molecular formula is C7H12BrClN2O. The van der Waals surface area contributed by atoms with E-state index in [1.54, 1.807) is 0 Å². The second-order valence-electron chi connectivity index (χ2n) is 3.96. The van der Waals surface area contributed by atoms with E-state index in [9.17, 15) is 4.79 Å². The minimum absolute atomic E-state index is 0.216. The Hall–Kier alpha value is 0.0400. The summed E-state index contributed by atoms with van der Waals surface area (Å²) in [6, 6.07) is -0.216. The Labute approximate surface area is 86.1 Å². The molecule has 0 unspecified atom stereocenters. The average molecular weight is 256 g/mol. The van der Waals surface area contributed by atoms with E-state index in [4.69, 9.17) is 11.8 Å². The van der Waals surface area contributed by atoms with Gasteiger partial charge in [0, 0.05) is 11.8 Å². The highest BCUT2D eigenvalue weighted by Crippen LogP contribution is 2.43. The number of amides is 2. The molecule has 2 amide bonds. The maximum absolute atomic E-state index is 11.4.